The van der Waals surface area contributed by atoms with E-state index in [0.29, 0.717) is 17.9 Å². The summed E-state index contributed by atoms with van der Waals surface area (Å²) < 4.78 is 7.49. The van der Waals surface area contributed by atoms with Crippen LogP contribution in [0.4, 0.5) is 0 Å². The molecule has 0 aromatic carbocycles. The second-order valence-corrected chi connectivity index (χ2v) is 5.51. The van der Waals surface area contributed by atoms with Crippen molar-refractivity contribution in [2.75, 3.05) is 5.88 Å². The molecule has 0 radical (unpaired) electrons. The first-order valence-corrected chi connectivity index (χ1v) is 7.03. The monoisotopic (exact) mass is 286 g/mol. The van der Waals surface area contributed by atoms with Crippen LogP contribution in [0, 0.1) is 12.8 Å². The van der Waals surface area contributed by atoms with Crippen LogP contribution < -0.4 is 11.2 Å². The van der Waals surface area contributed by atoms with E-state index in [4.69, 9.17) is 16.3 Å². The third kappa shape index (κ3) is 2.37. The molecule has 2 rings (SSSR count). The van der Waals surface area contributed by atoms with E-state index in [9.17, 15) is 9.59 Å². The fraction of sp³-hybridized carbons (Fsp3) is 0.692. The summed E-state index contributed by atoms with van der Waals surface area (Å²) in [7, 11) is 0. The van der Waals surface area contributed by atoms with Crippen molar-refractivity contribution in [2.45, 2.75) is 45.4 Å². The summed E-state index contributed by atoms with van der Waals surface area (Å²) in [6.45, 7) is 5.78. The summed E-state index contributed by atoms with van der Waals surface area (Å²) in [5.41, 5.74) is -0.688. The Hall–Kier alpha value is -1.07. The summed E-state index contributed by atoms with van der Waals surface area (Å²) >= 11 is 6.04. The Morgan fingerprint density at radius 1 is 1.58 bits per heavy atom. The topological polar surface area (TPSA) is 64.1 Å². The van der Waals surface area contributed by atoms with Gasteiger partial charge in [0.1, 0.15) is 6.23 Å². The molecule has 106 valence electrons. The number of H-pyrrole nitrogens is 1. The molecular weight excluding hydrogens is 268 g/mol. The highest BCUT2D eigenvalue weighted by Gasteiger charge is 2.45. The molecule has 1 aromatic rings. The normalized spacial score (nSPS) is 30.7. The number of nitrogens with one attached hydrogen (secondary N) is 1. The molecule has 0 unspecified atom stereocenters. The predicted molar refractivity (Wildman–Crippen MR) is 73.7 cm³/mol. The molecule has 0 amide bonds. The van der Waals surface area contributed by atoms with Crippen LogP contribution in [0.3, 0.4) is 0 Å². The van der Waals surface area contributed by atoms with Gasteiger partial charge in [0.25, 0.3) is 5.56 Å². The molecular formula is C13H19ClN2O3. The van der Waals surface area contributed by atoms with Crippen molar-refractivity contribution in [3.63, 3.8) is 0 Å². The van der Waals surface area contributed by atoms with Crippen LogP contribution in [-0.2, 0) is 4.74 Å². The number of alkyl halides is 1. The van der Waals surface area contributed by atoms with Crippen LogP contribution in [0.15, 0.2) is 15.8 Å². The second kappa shape index (κ2) is 5.13. The number of nitrogens with zero attached hydrogens (tertiary/aromatic N) is 1. The van der Waals surface area contributed by atoms with E-state index in [1.807, 2.05) is 6.92 Å². The number of aromatic nitrogens is 2. The van der Waals surface area contributed by atoms with Crippen molar-refractivity contribution in [2.24, 2.45) is 5.92 Å². The van der Waals surface area contributed by atoms with Gasteiger partial charge in [-0.2, -0.15) is 0 Å². The quantitative estimate of drug-likeness (QED) is 0.862. The number of hydrogen-bond acceptors (Lipinski definition) is 3. The molecule has 6 heteroatoms. The van der Waals surface area contributed by atoms with Gasteiger partial charge >= 0.3 is 5.69 Å². The Bertz CT molecular complexity index is 574. The van der Waals surface area contributed by atoms with Gasteiger partial charge in [-0.1, -0.05) is 13.8 Å². The maximum Gasteiger partial charge on any atom is 0.330 e. The van der Waals surface area contributed by atoms with Crippen LogP contribution >= 0.6 is 11.6 Å². The Labute approximate surface area is 116 Å². The summed E-state index contributed by atoms with van der Waals surface area (Å²) in [4.78, 5) is 25.5. The smallest absolute Gasteiger partial charge is 0.330 e. The van der Waals surface area contributed by atoms with E-state index in [0.717, 1.165) is 6.42 Å². The van der Waals surface area contributed by atoms with Crippen molar-refractivity contribution in [3.05, 3.63) is 32.6 Å². The first kappa shape index (κ1) is 14.3. The lowest BCUT2D eigenvalue weighted by molar-refractivity contribution is -0.0727. The number of rotatable bonds is 3. The van der Waals surface area contributed by atoms with E-state index in [-0.39, 0.29) is 17.7 Å². The van der Waals surface area contributed by atoms with Crippen molar-refractivity contribution >= 4 is 11.6 Å². The Balaban J connectivity index is 2.38. The molecule has 1 aliphatic heterocycles. The molecule has 0 bridgehead atoms. The van der Waals surface area contributed by atoms with Crippen molar-refractivity contribution in [1.82, 2.24) is 9.55 Å². The average Bonchev–Trinajstić information content (AvgIpc) is 2.71. The van der Waals surface area contributed by atoms with Crippen LogP contribution in [0.25, 0.3) is 0 Å². The lowest BCUT2D eigenvalue weighted by Crippen LogP contribution is -2.37. The molecule has 19 heavy (non-hydrogen) atoms. The van der Waals surface area contributed by atoms with E-state index >= 15 is 0 Å². The van der Waals surface area contributed by atoms with Crippen LogP contribution in [0.2, 0.25) is 0 Å². The Morgan fingerprint density at radius 3 is 2.79 bits per heavy atom. The lowest BCUT2D eigenvalue weighted by Gasteiger charge is -2.29. The summed E-state index contributed by atoms with van der Waals surface area (Å²) in [6.07, 6.45) is 2.70. The molecule has 1 N–H and O–H groups in total. The molecule has 0 aliphatic carbocycles. The molecule has 1 saturated heterocycles. The van der Waals surface area contributed by atoms with Crippen molar-refractivity contribution in [3.8, 4) is 0 Å². The standard InChI is InChI=1S/C13H19ClN2O3/c1-4-13(7-14)9(3)5-10(19-13)16-6-8(2)11(17)15-12(16)18/h6,9-10H,4-5,7H2,1-3H3,(H,15,17,18)/t9-,10+,13-/m0/s1. The molecule has 1 aliphatic rings. The molecule has 0 saturated carbocycles. The lowest BCUT2D eigenvalue weighted by atomic mass is 9.88. The minimum atomic E-state index is -0.436. The third-order valence-electron chi connectivity index (χ3n) is 4.10. The zero-order chi connectivity index (χ0) is 14.2. The molecule has 1 fully saturated rings. The van der Waals surface area contributed by atoms with Crippen LogP contribution in [0.1, 0.15) is 38.5 Å². The van der Waals surface area contributed by atoms with Crippen molar-refractivity contribution < 1.29 is 4.74 Å². The highest BCUT2D eigenvalue weighted by Crippen LogP contribution is 2.43. The number of hydrogen-bond donors (Lipinski definition) is 1. The number of aryl methyl sites for hydroxylation is 1. The van der Waals surface area contributed by atoms with Gasteiger partial charge in [-0.25, -0.2) is 4.79 Å². The summed E-state index contributed by atoms with van der Waals surface area (Å²) in [6, 6.07) is 0. The number of halogens is 1. The second-order valence-electron chi connectivity index (χ2n) is 5.24. The van der Waals surface area contributed by atoms with Gasteiger partial charge in [0.2, 0.25) is 0 Å². The third-order valence-corrected chi connectivity index (χ3v) is 4.56. The fourth-order valence-corrected chi connectivity index (χ4v) is 3.13. The molecule has 5 nitrogen and oxygen atoms in total. The first-order chi connectivity index (χ1) is 8.93. The van der Waals surface area contributed by atoms with Gasteiger partial charge in [-0.15, -0.1) is 11.6 Å². The molecule has 2 heterocycles. The first-order valence-electron chi connectivity index (χ1n) is 6.49. The number of aromatic amines is 1. The maximum absolute atomic E-state index is 11.9. The molecule has 0 spiro atoms. The minimum absolute atomic E-state index is 0.263. The zero-order valence-electron chi connectivity index (χ0n) is 11.4. The van der Waals surface area contributed by atoms with E-state index in [1.54, 1.807) is 13.1 Å². The zero-order valence-corrected chi connectivity index (χ0v) is 12.2. The Morgan fingerprint density at radius 2 is 2.26 bits per heavy atom. The largest absolute Gasteiger partial charge is 0.350 e. The number of ether oxygens (including phenoxy) is 1. The van der Waals surface area contributed by atoms with Gasteiger partial charge < -0.3 is 4.74 Å². The van der Waals surface area contributed by atoms with Gasteiger partial charge in [-0.05, 0) is 25.7 Å². The minimum Gasteiger partial charge on any atom is -0.350 e. The van der Waals surface area contributed by atoms with Crippen molar-refractivity contribution in [1.29, 1.82) is 0 Å². The molecule has 1 aromatic heterocycles. The van der Waals surface area contributed by atoms with E-state index in [1.165, 1.54) is 4.57 Å². The van der Waals surface area contributed by atoms with Crippen LogP contribution in [-0.4, -0.2) is 21.0 Å². The van der Waals surface area contributed by atoms with Gasteiger partial charge in [0.05, 0.1) is 11.5 Å². The van der Waals surface area contributed by atoms with Gasteiger partial charge in [0.15, 0.2) is 0 Å². The predicted octanol–water partition coefficient (Wildman–Crippen LogP) is 1.79. The van der Waals surface area contributed by atoms with Gasteiger partial charge in [-0.3, -0.25) is 14.3 Å². The fourth-order valence-electron chi connectivity index (χ4n) is 2.61. The van der Waals surface area contributed by atoms with E-state index in [2.05, 4.69) is 11.9 Å². The highest BCUT2D eigenvalue weighted by molar-refractivity contribution is 6.18. The maximum atomic E-state index is 11.9. The Kier molecular flexibility index (Phi) is 3.87. The van der Waals surface area contributed by atoms with E-state index < -0.39 is 11.3 Å². The molecule has 3 atom stereocenters. The summed E-state index contributed by atoms with van der Waals surface area (Å²) in [5.74, 6) is 0.664. The highest BCUT2D eigenvalue weighted by atomic mass is 35.5. The van der Waals surface area contributed by atoms with Crippen LogP contribution in [0.5, 0.6) is 0 Å². The SMILES string of the molecule is CC[C@@]1(CCl)O[C@@H](n2cc(C)c(=O)[nH]c2=O)C[C@@H]1C. The average molecular weight is 287 g/mol. The van der Waals surface area contributed by atoms with Gasteiger partial charge in [0, 0.05) is 11.8 Å². The summed E-state index contributed by atoms with van der Waals surface area (Å²) in [5, 5.41) is 0.